The van der Waals surface area contributed by atoms with Crippen molar-refractivity contribution in [1.29, 1.82) is 0 Å². The van der Waals surface area contributed by atoms with Gasteiger partial charge in [0.15, 0.2) is 0 Å². The molecule has 0 aromatic heterocycles. The Morgan fingerprint density at radius 3 is 2.26 bits per heavy atom. The summed E-state index contributed by atoms with van der Waals surface area (Å²) in [5, 5.41) is 0.729. The lowest BCUT2D eigenvalue weighted by Gasteiger charge is -2.28. The number of aliphatic imine (C=N–C) groups is 1. The first-order chi connectivity index (χ1) is 15.1. The van der Waals surface area contributed by atoms with Crippen LogP contribution >= 0.6 is 56.8 Å². The van der Waals surface area contributed by atoms with E-state index in [1.807, 2.05) is 30.5 Å². The molecule has 1 fully saturated rings. The molecule has 1 aliphatic heterocycles. The monoisotopic (exact) mass is 658 g/mol. The van der Waals surface area contributed by atoms with Crippen molar-refractivity contribution < 1.29 is 9.47 Å². The number of hydrogen-bond acceptors (Lipinski definition) is 4. The maximum absolute atomic E-state index is 6.07. The third-order valence-electron chi connectivity index (χ3n) is 4.91. The Kier molecular flexibility index (Phi) is 8.08. The molecule has 3 aromatic carbocycles. The second kappa shape index (κ2) is 11.0. The average Bonchev–Trinajstić information content (AvgIpc) is 2.79. The lowest BCUT2D eigenvalue weighted by Crippen LogP contribution is -2.36. The van der Waals surface area contributed by atoms with Gasteiger partial charge in [-0.25, -0.2) is 0 Å². The molecule has 31 heavy (non-hydrogen) atoms. The summed E-state index contributed by atoms with van der Waals surface area (Å²) in [4.78, 5) is 6.99. The molecule has 0 amide bonds. The van der Waals surface area contributed by atoms with Gasteiger partial charge >= 0.3 is 0 Å². The fraction of sp³-hybridized carbons (Fsp3) is 0.208. The molecule has 0 saturated carbocycles. The van der Waals surface area contributed by atoms with Crippen molar-refractivity contribution in [3.63, 3.8) is 0 Å². The van der Waals surface area contributed by atoms with Gasteiger partial charge in [-0.2, -0.15) is 0 Å². The first-order valence-corrected chi connectivity index (χ1v) is 12.5. The Morgan fingerprint density at radius 2 is 1.61 bits per heavy atom. The minimum absolute atomic E-state index is 0.506. The fourth-order valence-electron chi connectivity index (χ4n) is 3.25. The Morgan fingerprint density at radius 1 is 0.968 bits per heavy atom. The standard InChI is InChI=1S/C24H21ClI2N2O2/c25-19-3-1-17(2-4-19)16-31-24-22(26)13-18(14-23(24)27)15-28-20-5-7-21(8-6-20)29-9-11-30-12-10-29/h1-8,13-15H,9-12,16H2. The minimum atomic E-state index is 0.506. The summed E-state index contributed by atoms with van der Waals surface area (Å²) in [5.74, 6) is 0.892. The van der Waals surface area contributed by atoms with E-state index < -0.39 is 0 Å². The second-order valence-corrected chi connectivity index (χ2v) is 9.86. The van der Waals surface area contributed by atoms with Crippen molar-refractivity contribution in [1.82, 2.24) is 0 Å². The summed E-state index contributed by atoms with van der Waals surface area (Å²) in [6, 6.07) is 20.3. The number of rotatable bonds is 6. The van der Waals surface area contributed by atoms with Gasteiger partial charge < -0.3 is 14.4 Å². The van der Waals surface area contributed by atoms with E-state index in [4.69, 9.17) is 21.1 Å². The van der Waals surface area contributed by atoms with Crippen molar-refractivity contribution in [2.75, 3.05) is 31.2 Å². The lowest BCUT2D eigenvalue weighted by molar-refractivity contribution is 0.122. The van der Waals surface area contributed by atoms with Gasteiger partial charge in [-0.05, 0) is 105 Å². The van der Waals surface area contributed by atoms with Gasteiger partial charge in [0.25, 0.3) is 0 Å². The maximum atomic E-state index is 6.07. The molecule has 7 heteroatoms. The summed E-state index contributed by atoms with van der Waals surface area (Å²) in [7, 11) is 0. The number of ether oxygens (including phenoxy) is 2. The van der Waals surface area contributed by atoms with E-state index >= 15 is 0 Å². The molecule has 0 spiro atoms. The number of hydrogen-bond donors (Lipinski definition) is 0. The summed E-state index contributed by atoms with van der Waals surface area (Å²) in [6.07, 6.45) is 1.90. The summed E-state index contributed by atoms with van der Waals surface area (Å²) < 4.78 is 13.6. The highest BCUT2D eigenvalue weighted by molar-refractivity contribution is 14.1. The Balaban J connectivity index is 1.41. The molecule has 0 atom stereocenters. The van der Waals surface area contributed by atoms with Crippen molar-refractivity contribution in [3.8, 4) is 5.75 Å². The molecule has 0 radical (unpaired) electrons. The van der Waals surface area contributed by atoms with Crippen molar-refractivity contribution >= 4 is 74.4 Å². The molecular formula is C24H21ClI2N2O2. The predicted molar refractivity (Wildman–Crippen MR) is 144 cm³/mol. The molecule has 0 unspecified atom stereocenters. The van der Waals surface area contributed by atoms with E-state index in [1.54, 1.807) is 0 Å². The van der Waals surface area contributed by atoms with E-state index in [0.717, 1.165) is 61.0 Å². The molecular weight excluding hydrogens is 638 g/mol. The molecule has 3 aromatic rings. The summed E-state index contributed by atoms with van der Waals surface area (Å²) in [5.41, 5.74) is 4.28. The van der Waals surface area contributed by atoms with Crippen LogP contribution in [0, 0.1) is 7.14 Å². The Bertz CT molecular complexity index is 1030. The van der Waals surface area contributed by atoms with Gasteiger partial charge in [-0.1, -0.05) is 23.7 Å². The minimum Gasteiger partial charge on any atom is -0.487 e. The Hall–Kier alpha value is -1.36. The largest absolute Gasteiger partial charge is 0.487 e. The molecule has 0 bridgehead atoms. The van der Waals surface area contributed by atoms with Gasteiger partial charge in [0.2, 0.25) is 0 Å². The SMILES string of the molecule is Clc1ccc(COc2c(I)cc(C=Nc3ccc(N4CCOCC4)cc3)cc2I)cc1. The molecule has 4 rings (SSSR count). The zero-order chi connectivity index (χ0) is 21.6. The van der Waals surface area contributed by atoms with E-state index in [0.29, 0.717) is 6.61 Å². The molecule has 1 heterocycles. The summed E-state index contributed by atoms with van der Waals surface area (Å²) in [6.45, 7) is 3.96. The van der Waals surface area contributed by atoms with Crippen LogP contribution in [0.25, 0.3) is 0 Å². The lowest BCUT2D eigenvalue weighted by atomic mass is 10.2. The second-order valence-electron chi connectivity index (χ2n) is 7.10. The van der Waals surface area contributed by atoms with Crippen LogP contribution < -0.4 is 9.64 Å². The van der Waals surface area contributed by atoms with E-state index in [9.17, 15) is 0 Å². The third-order valence-corrected chi connectivity index (χ3v) is 6.76. The number of nitrogens with zero attached hydrogens (tertiary/aromatic N) is 2. The molecule has 1 saturated heterocycles. The quantitative estimate of drug-likeness (QED) is 0.218. The molecule has 0 N–H and O–H groups in total. The van der Waals surface area contributed by atoms with Crippen LogP contribution in [0.1, 0.15) is 11.1 Å². The number of anilines is 1. The van der Waals surface area contributed by atoms with Gasteiger partial charge in [-0.15, -0.1) is 0 Å². The van der Waals surface area contributed by atoms with Gasteiger partial charge in [0.05, 0.1) is 26.0 Å². The Labute approximate surface area is 214 Å². The van der Waals surface area contributed by atoms with Crippen LogP contribution in [0.15, 0.2) is 65.7 Å². The van der Waals surface area contributed by atoms with Crippen LogP contribution in [-0.4, -0.2) is 32.5 Å². The van der Waals surface area contributed by atoms with Crippen LogP contribution in [-0.2, 0) is 11.3 Å². The van der Waals surface area contributed by atoms with Gasteiger partial charge in [0.1, 0.15) is 12.4 Å². The zero-order valence-corrected chi connectivity index (χ0v) is 21.8. The number of benzene rings is 3. The van der Waals surface area contributed by atoms with E-state index in [-0.39, 0.29) is 0 Å². The predicted octanol–water partition coefficient (Wildman–Crippen LogP) is 6.72. The first kappa shape index (κ1) is 22.8. The summed E-state index contributed by atoms with van der Waals surface area (Å²) >= 11 is 10.6. The molecule has 1 aliphatic rings. The maximum Gasteiger partial charge on any atom is 0.146 e. The smallest absolute Gasteiger partial charge is 0.146 e. The average molecular weight is 659 g/mol. The highest BCUT2D eigenvalue weighted by atomic mass is 127. The van der Waals surface area contributed by atoms with Crippen molar-refractivity contribution in [2.24, 2.45) is 4.99 Å². The van der Waals surface area contributed by atoms with Gasteiger partial charge in [0, 0.05) is 30.0 Å². The fourth-order valence-corrected chi connectivity index (χ4v) is 5.50. The highest BCUT2D eigenvalue weighted by Crippen LogP contribution is 2.30. The molecule has 4 nitrogen and oxygen atoms in total. The van der Waals surface area contributed by atoms with Crippen LogP contribution in [0.3, 0.4) is 0 Å². The molecule has 0 aliphatic carbocycles. The molecule has 160 valence electrons. The van der Waals surface area contributed by atoms with Gasteiger partial charge in [-0.3, -0.25) is 4.99 Å². The third kappa shape index (κ3) is 6.34. The van der Waals surface area contributed by atoms with Crippen molar-refractivity contribution in [2.45, 2.75) is 6.61 Å². The normalized spacial score (nSPS) is 14.2. The van der Waals surface area contributed by atoms with E-state index in [1.165, 1.54) is 5.69 Å². The van der Waals surface area contributed by atoms with Crippen molar-refractivity contribution in [3.05, 3.63) is 84.0 Å². The first-order valence-electron chi connectivity index (χ1n) is 9.91. The number of halogens is 3. The van der Waals surface area contributed by atoms with Crippen LogP contribution in [0.2, 0.25) is 5.02 Å². The zero-order valence-electron chi connectivity index (χ0n) is 16.7. The number of morpholine rings is 1. The van der Waals surface area contributed by atoms with E-state index in [2.05, 4.69) is 91.5 Å². The topological polar surface area (TPSA) is 34.1 Å². The van der Waals surface area contributed by atoms with Crippen LogP contribution in [0.4, 0.5) is 11.4 Å². The van der Waals surface area contributed by atoms with Crippen LogP contribution in [0.5, 0.6) is 5.75 Å². The highest BCUT2D eigenvalue weighted by Gasteiger charge is 2.11.